The molecule has 0 radical (unpaired) electrons. The highest BCUT2D eigenvalue weighted by Gasteiger charge is 2.13. The van der Waals surface area contributed by atoms with E-state index < -0.39 is 18.5 Å². The molecule has 0 fully saturated rings. The zero-order chi connectivity index (χ0) is 18.4. The van der Waals surface area contributed by atoms with Gasteiger partial charge in [-0.15, -0.1) is 0 Å². The molecule has 0 aliphatic heterocycles. The number of carbonyl (C=O) groups is 2. The van der Waals surface area contributed by atoms with Crippen molar-refractivity contribution < 1.29 is 14.3 Å². The molecule has 0 atom stereocenters. The van der Waals surface area contributed by atoms with Gasteiger partial charge in [-0.3, -0.25) is 4.79 Å². The molecule has 0 aliphatic carbocycles. The molecule has 7 heteroatoms. The molecule has 0 aromatic heterocycles. The number of aryl methyl sites for hydroxylation is 2. The van der Waals surface area contributed by atoms with Crippen LogP contribution in [-0.4, -0.2) is 18.5 Å². The van der Waals surface area contributed by atoms with Crippen molar-refractivity contribution >= 4 is 40.9 Å². The van der Waals surface area contributed by atoms with E-state index in [1.54, 1.807) is 12.1 Å². The van der Waals surface area contributed by atoms with E-state index >= 15 is 0 Å². The van der Waals surface area contributed by atoms with Gasteiger partial charge >= 0.3 is 5.97 Å². The number of ether oxygens (including phenoxy) is 1. The summed E-state index contributed by atoms with van der Waals surface area (Å²) in [7, 11) is 0. The van der Waals surface area contributed by atoms with Crippen LogP contribution in [0.25, 0.3) is 0 Å². The lowest BCUT2D eigenvalue weighted by molar-refractivity contribution is -0.119. The summed E-state index contributed by atoms with van der Waals surface area (Å²) in [6.07, 6.45) is 0. The van der Waals surface area contributed by atoms with Gasteiger partial charge in [-0.05, 0) is 73.1 Å². The number of thioether (sulfide) groups is 1. The number of amides is 1. The van der Waals surface area contributed by atoms with Crippen LogP contribution in [-0.2, 0) is 9.53 Å². The molecule has 2 aromatic rings. The van der Waals surface area contributed by atoms with Gasteiger partial charge < -0.3 is 10.1 Å². The number of hydrogen-bond acceptors (Lipinski definition) is 5. The Bertz CT molecular complexity index is 821. The van der Waals surface area contributed by atoms with Gasteiger partial charge in [0.2, 0.25) is 0 Å². The lowest BCUT2D eigenvalue weighted by atomic mass is 10.1. The van der Waals surface area contributed by atoms with Crippen LogP contribution < -0.4 is 5.32 Å². The van der Waals surface area contributed by atoms with Crippen molar-refractivity contribution in [1.29, 1.82) is 5.26 Å². The van der Waals surface area contributed by atoms with Crippen molar-refractivity contribution in [3.05, 3.63) is 58.1 Å². The molecular weight excluding hydrogens is 360 g/mol. The number of carbonyl (C=O) groups excluding carboxylic acids is 2. The first-order valence-corrected chi connectivity index (χ1v) is 8.50. The van der Waals surface area contributed by atoms with Crippen LogP contribution in [0.3, 0.4) is 0 Å². The molecule has 0 saturated heterocycles. The Morgan fingerprint density at radius 1 is 1.20 bits per heavy atom. The lowest BCUT2D eigenvalue weighted by Crippen LogP contribution is -2.21. The summed E-state index contributed by atoms with van der Waals surface area (Å²) >= 11 is 6.82. The smallest absolute Gasteiger partial charge is 0.338 e. The number of nitrogens with one attached hydrogen (secondary N) is 1. The molecular formula is C18H15ClN2O3S. The van der Waals surface area contributed by atoms with Crippen molar-refractivity contribution in [2.24, 2.45) is 0 Å². The van der Waals surface area contributed by atoms with E-state index in [9.17, 15) is 9.59 Å². The Morgan fingerprint density at radius 3 is 2.36 bits per heavy atom. The summed E-state index contributed by atoms with van der Waals surface area (Å²) in [5.41, 5.74) is 2.63. The first-order valence-electron chi connectivity index (χ1n) is 7.30. The molecule has 0 bridgehead atoms. The lowest BCUT2D eigenvalue weighted by Gasteiger charge is -2.13. The third-order valence-electron chi connectivity index (χ3n) is 3.35. The number of halogens is 1. The number of benzene rings is 2. The van der Waals surface area contributed by atoms with Gasteiger partial charge in [-0.1, -0.05) is 11.6 Å². The van der Waals surface area contributed by atoms with Gasteiger partial charge in [0, 0.05) is 15.6 Å². The van der Waals surface area contributed by atoms with Crippen LogP contribution >= 0.6 is 23.4 Å². The van der Waals surface area contributed by atoms with Gasteiger partial charge in [-0.25, -0.2) is 4.79 Å². The number of thiocyanates is 1. The molecule has 0 aliphatic rings. The van der Waals surface area contributed by atoms with Gasteiger partial charge in [-0.2, -0.15) is 5.26 Å². The highest BCUT2D eigenvalue weighted by atomic mass is 35.5. The zero-order valence-electron chi connectivity index (χ0n) is 13.6. The molecule has 1 N–H and O–H groups in total. The largest absolute Gasteiger partial charge is 0.452 e. The van der Waals surface area contributed by atoms with Crippen molar-refractivity contribution in [2.45, 2.75) is 18.7 Å². The minimum Gasteiger partial charge on any atom is -0.452 e. The Kier molecular flexibility index (Phi) is 6.45. The second kappa shape index (κ2) is 8.56. The van der Waals surface area contributed by atoms with E-state index in [1.807, 2.05) is 31.4 Å². The van der Waals surface area contributed by atoms with E-state index in [4.69, 9.17) is 21.6 Å². The highest BCUT2D eigenvalue weighted by Crippen LogP contribution is 2.27. The predicted molar refractivity (Wildman–Crippen MR) is 97.8 cm³/mol. The number of rotatable bonds is 5. The summed E-state index contributed by atoms with van der Waals surface area (Å²) in [5.74, 6) is -1.03. The number of esters is 1. The Labute approximate surface area is 154 Å². The van der Waals surface area contributed by atoms with Crippen LogP contribution in [0.4, 0.5) is 5.69 Å². The molecule has 0 saturated carbocycles. The third kappa shape index (κ3) is 5.24. The van der Waals surface area contributed by atoms with E-state index in [1.165, 1.54) is 12.1 Å². The van der Waals surface area contributed by atoms with Gasteiger partial charge in [0.15, 0.2) is 6.61 Å². The normalized spacial score (nSPS) is 10.0. The fourth-order valence-electron chi connectivity index (χ4n) is 2.21. The summed E-state index contributed by atoms with van der Waals surface area (Å²) in [6, 6.07) is 9.84. The zero-order valence-corrected chi connectivity index (χ0v) is 15.2. The minimum atomic E-state index is -0.596. The average Bonchev–Trinajstić information content (AvgIpc) is 2.57. The molecule has 0 heterocycles. The van der Waals surface area contributed by atoms with Crippen molar-refractivity contribution in [2.75, 3.05) is 11.9 Å². The molecule has 5 nitrogen and oxygen atoms in total. The second-order valence-corrected chi connectivity index (χ2v) is 6.55. The number of anilines is 1. The second-order valence-electron chi connectivity index (χ2n) is 5.26. The summed E-state index contributed by atoms with van der Waals surface area (Å²) in [6.45, 7) is 3.28. The minimum absolute atomic E-state index is 0.322. The fraction of sp³-hybridized carbons (Fsp3) is 0.167. The van der Waals surface area contributed by atoms with Crippen LogP contribution in [0.2, 0.25) is 5.02 Å². The van der Waals surface area contributed by atoms with Crippen molar-refractivity contribution in [3.8, 4) is 5.40 Å². The van der Waals surface area contributed by atoms with Gasteiger partial charge in [0.1, 0.15) is 5.40 Å². The number of nitriles is 1. The Morgan fingerprint density at radius 2 is 1.80 bits per heavy atom. The molecule has 2 aromatic carbocycles. The van der Waals surface area contributed by atoms with Crippen LogP contribution in [0.1, 0.15) is 21.5 Å². The van der Waals surface area contributed by atoms with Gasteiger partial charge in [0.05, 0.1) is 5.56 Å². The van der Waals surface area contributed by atoms with Crippen molar-refractivity contribution in [3.63, 3.8) is 0 Å². The topological polar surface area (TPSA) is 79.2 Å². The molecule has 0 spiro atoms. The molecule has 25 heavy (non-hydrogen) atoms. The number of hydrogen-bond donors (Lipinski definition) is 1. The molecule has 1 amide bonds. The number of nitrogens with zero attached hydrogens (tertiary/aromatic N) is 1. The predicted octanol–water partition coefficient (Wildman–Crippen LogP) is 4.33. The fourth-order valence-corrected chi connectivity index (χ4v) is 2.91. The summed E-state index contributed by atoms with van der Waals surface area (Å²) in [4.78, 5) is 24.7. The standard InChI is InChI=1S/C18H15ClN2O3S/c1-11-7-15(25-10-20)8-12(2)17(11)21-16(22)9-24-18(23)13-3-5-14(19)6-4-13/h3-8H,9H2,1-2H3,(H,21,22). The summed E-state index contributed by atoms with van der Waals surface area (Å²) < 4.78 is 5.00. The maximum absolute atomic E-state index is 12.1. The van der Waals surface area contributed by atoms with E-state index in [0.29, 0.717) is 16.3 Å². The van der Waals surface area contributed by atoms with E-state index in [2.05, 4.69) is 5.32 Å². The Hall–Kier alpha value is -2.49. The van der Waals surface area contributed by atoms with Crippen LogP contribution in [0.5, 0.6) is 0 Å². The average molecular weight is 375 g/mol. The van der Waals surface area contributed by atoms with Crippen molar-refractivity contribution in [1.82, 2.24) is 0 Å². The first kappa shape index (κ1) is 18.8. The maximum atomic E-state index is 12.1. The van der Waals surface area contributed by atoms with E-state index in [0.717, 1.165) is 27.8 Å². The monoisotopic (exact) mass is 374 g/mol. The Balaban J connectivity index is 1.97. The SMILES string of the molecule is Cc1cc(SC#N)cc(C)c1NC(=O)COC(=O)c1ccc(Cl)cc1. The maximum Gasteiger partial charge on any atom is 0.338 e. The van der Waals surface area contributed by atoms with Gasteiger partial charge in [0.25, 0.3) is 5.91 Å². The quantitative estimate of drug-likeness (QED) is 0.478. The first-order chi connectivity index (χ1) is 11.9. The molecule has 0 unspecified atom stereocenters. The van der Waals surface area contributed by atoms with Crippen LogP contribution in [0.15, 0.2) is 41.3 Å². The molecule has 128 valence electrons. The molecule has 2 rings (SSSR count). The summed E-state index contributed by atoms with van der Waals surface area (Å²) in [5, 5.41) is 14.0. The van der Waals surface area contributed by atoms with Crippen LogP contribution in [0, 0.1) is 24.5 Å². The van der Waals surface area contributed by atoms with E-state index in [-0.39, 0.29) is 0 Å². The highest BCUT2D eigenvalue weighted by molar-refractivity contribution is 8.03. The third-order valence-corrected chi connectivity index (χ3v) is 4.16.